The third-order valence-corrected chi connectivity index (χ3v) is 4.76. The molecule has 7 nitrogen and oxygen atoms in total. The van der Waals surface area contributed by atoms with Crippen LogP contribution < -0.4 is 5.32 Å². The van der Waals surface area contributed by atoms with Gasteiger partial charge in [0, 0.05) is 19.0 Å². The summed E-state index contributed by atoms with van der Waals surface area (Å²) in [6.07, 6.45) is 4.49. The molecule has 0 aromatic carbocycles. The number of fused-ring (bicyclic) bond motifs is 1. The van der Waals surface area contributed by atoms with E-state index in [1.54, 1.807) is 6.07 Å². The maximum atomic E-state index is 12.0. The average molecular weight is 335 g/mol. The minimum atomic E-state index is -0.132. The first-order valence-electron chi connectivity index (χ1n) is 7.95. The van der Waals surface area contributed by atoms with Crippen molar-refractivity contribution < 1.29 is 9.32 Å². The van der Waals surface area contributed by atoms with Gasteiger partial charge in [-0.05, 0) is 18.8 Å². The molecule has 23 heavy (non-hydrogen) atoms. The van der Waals surface area contributed by atoms with E-state index in [4.69, 9.17) is 4.52 Å². The molecule has 0 unspecified atom stereocenters. The van der Waals surface area contributed by atoms with Crippen LogP contribution in [-0.4, -0.2) is 31.6 Å². The van der Waals surface area contributed by atoms with E-state index in [1.165, 1.54) is 18.2 Å². The molecule has 0 spiro atoms. The maximum absolute atomic E-state index is 12.0. The second kappa shape index (κ2) is 7.16. The highest BCUT2D eigenvalue weighted by atomic mass is 32.2. The van der Waals surface area contributed by atoms with Crippen LogP contribution in [0.4, 0.5) is 5.88 Å². The van der Waals surface area contributed by atoms with Crippen molar-refractivity contribution in [3.05, 3.63) is 17.6 Å². The molecule has 0 radical (unpaired) electrons. The van der Waals surface area contributed by atoms with Gasteiger partial charge in [-0.2, -0.15) is 0 Å². The molecule has 2 aromatic heterocycles. The number of thioether (sulfide) groups is 1. The highest BCUT2D eigenvalue weighted by Gasteiger charge is 2.17. The lowest BCUT2D eigenvalue weighted by Crippen LogP contribution is -2.14. The van der Waals surface area contributed by atoms with Gasteiger partial charge in [-0.1, -0.05) is 37.2 Å². The number of carbonyl (C=O) groups is 1. The van der Waals surface area contributed by atoms with E-state index >= 15 is 0 Å². The topological polar surface area (TPSA) is 85.8 Å². The minimum Gasteiger partial charge on any atom is -0.338 e. The Bertz CT molecular complexity index is 679. The van der Waals surface area contributed by atoms with Crippen LogP contribution in [0, 0.1) is 0 Å². The fraction of sp³-hybridized carbons (Fsp3) is 0.600. The third-order valence-electron chi connectivity index (χ3n) is 3.79. The number of carbonyl (C=O) groups excluding carboxylic acids is 1. The number of rotatable bonds is 5. The standard InChI is InChI=1S/C15H21N5O2S/c1-10(2)11-8-14(22-19-11)16-13(21)9-23-15-18-17-12-6-4-3-5-7-20(12)15/h8,10H,3-7,9H2,1-2H3,(H,16,21). The molecular weight excluding hydrogens is 314 g/mol. The van der Waals surface area contributed by atoms with Crippen molar-refractivity contribution in [3.8, 4) is 0 Å². The molecule has 2 aromatic rings. The van der Waals surface area contributed by atoms with Gasteiger partial charge in [0.25, 0.3) is 0 Å². The summed E-state index contributed by atoms with van der Waals surface area (Å²) in [6.45, 7) is 4.98. The van der Waals surface area contributed by atoms with Crippen LogP contribution in [0.5, 0.6) is 0 Å². The minimum absolute atomic E-state index is 0.132. The van der Waals surface area contributed by atoms with Gasteiger partial charge >= 0.3 is 0 Å². The van der Waals surface area contributed by atoms with Crippen molar-refractivity contribution in [2.45, 2.75) is 57.1 Å². The van der Waals surface area contributed by atoms with Crippen LogP contribution in [0.3, 0.4) is 0 Å². The number of anilines is 1. The first kappa shape index (κ1) is 16.0. The number of nitrogens with one attached hydrogen (secondary N) is 1. The highest BCUT2D eigenvalue weighted by Crippen LogP contribution is 2.22. The highest BCUT2D eigenvalue weighted by molar-refractivity contribution is 7.99. The number of hydrogen-bond acceptors (Lipinski definition) is 6. The normalized spacial score (nSPS) is 14.6. The zero-order valence-electron chi connectivity index (χ0n) is 13.4. The molecule has 0 bridgehead atoms. The largest absolute Gasteiger partial charge is 0.338 e. The molecule has 1 N–H and O–H groups in total. The Morgan fingerprint density at radius 1 is 1.39 bits per heavy atom. The van der Waals surface area contributed by atoms with E-state index in [0.717, 1.165) is 42.5 Å². The van der Waals surface area contributed by atoms with Crippen molar-refractivity contribution >= 4 is 23.6 Å². The summed E-state index contributed by atoms with van der Waals surface area (Å²) >= 11 is 1.41. The van der Waals surface area contributed by atoms with Gasteiger partial charge < -0.3 is 9.09 Å². The van der Waals surface area contributed by atoms with E-state index in [-0.39, 0.29) is 17.6 Å². The maximum Gasteiger partial charge on any atom is 0.237 e. The van der Waals surface area contributed by atoms with Crippen molar-refractivity contribution in [1.29, 1.82) is 0 Å². The van der Waals surface area contributed by atoms with Crippen molar-refractivity contribution in [3.63, 3.8) is 0 Å². The van der Waals surface area contributed by atoms with Gasteiger partial charge in [0.15, 0.2) is 5.16 Å². The Kier molecular flexibility index (Phi) is 5.00. The fourth-order valence-corrected chi connectivity index (χ4v) is 3.27. The first-order valence-corrected chi connectivity index (χ1v) is 8.93. The molecule has 8 heteroatoms. The van der Waals surface area contributed by atoms with Crippen LogP contribution in [0.25, 0.3) is 0 Å². The number of aryl methyl sites for hydroxylation is 1. The van der Waals surface area contributed by atoms with E-state index in [1.807, 2.05) is 13.8 Å². The summed E-state index contributed by atoms with van der Waals surface area (Å²) in [5, 5.41) is 15.9. The van der Waals surface area contributed by atoms with Gasteiger partial charge in [-0.25, -0.2) is 0 Å². The van der Waals surface area contributed by atoms with Crippen LogP contribution in [0.15, 0.2) is 15.7 Å². The molecule has 1 aliphatic rings. The predicted molar refractivity (Wildman–Crippen MR) is 87.5 cm³/mol. The van der Waals surface area contributed by atoms with Crippen LogP contribution >= 0.6 is 11.8 Å². The van der Waals surface area contributed by atoms with E-state index < -0.39 is 0 Å². The Morgan fingerprint density at radius 2 is 2.26 bits per heavy atom. The van der Waals surface area contributed by atoms with E-state index in [9.17, 15) is 4.79 Å². The summed E-state index contributed by atoms with van der Waals surface area (Å²) < 4.78 is 7.25. The monoisotopic (exact) mass is 335 g/mol. The van der Waals surface area contributed by atoms with Crippen molar-refractivity contribution in [2.24, 2.45) is 0 Å². The molecule has 124 valence electrons. The molecule has 3 rings (SSSR count). The quantitative estimate of drug-likeness (QED) is 0.846. The van der Waals surface area contributed by atoms with Gasteiger partial charge in [-0.15, -0.1) is 10.2 Å². The summed E-state index contributed by atoms with van der Waals surface area (Å²) in [4.78, 5) is 12.0. The molecule has 0 saturated heterocycles. The molecule has 1 amide bonds. The summed E-state index contributed by atoms with van der Waals surface area (Å²) in [6, 6.07) is 1.76. The van der Waals surface area contributed by atoms with Gasteiger partial charge in [0.1, 0.15) is 5.82 Å². The molecule has 0 aliphatic carbocycles. The zero-order valence-corrected chi connectivity index (χ0v) is 14.2. The smallest absolute Gasteiger partial charge is 0.237 e. The summed E-state index contributed by atoms with van der Waals surface area (Å²) in [5.74, 6) is 1.83. The van der Waals surface area contributed by atoms with E-state index in [0.29, 0.717) is 5.88 Å². The van der Waals surface area contributed by atoms with Gasteiger partial charge in [-0.3, -0.25) is 10.1 Å². The number of aromatic nitrogens is 4. The van der Waals surface area contributed by atoms with Crippen molar-refractivity contribution in [1.82, 2.24) is 19.9 Å². The molecule has 0 fully saturated rings. The Balaban J connectivity index is 1.55. The fourth-order valence-electron chi connectivity index (χ4n) is 2.49. The lowest BCUT2D eigenvalue weighted by Gasteiger charge is -2.06. The molecule has 3 heterocycles. The van der Waals surface area contributed by atoms with Crippen LogP contribution in [0.2, 0.25) is 0 Å². The van der Waals surface area contributed by atoms with Crippen molar-refractivity contribution in [2.75, 3.05) is 11.1 Å². The van der Waals surface area contributed by atoms with Gasteiger partial charge in [0.05, 0.1) is 11.4 Å². The van der Waals surface area contributed by atoms with Crippen LogP contribution in [0.1, 0.15) is 50.5 Å². The number of amides is 1. The van der Waals surface area contributed by atoms with Crippen LogP contribution in [-0.2, 0) is 17.8 Å². The molecular formula is C15H21N5O2S. The summed E-state index contributed by atoms with van der Waals surface area (Å²) in [5.41, 5.74) is 0.829. The Hall–Kier alpha value is -1.83. The number of hydrogen-bond donors (Lipinski definition) is 1. The average Bonchev–Trinajstić information content (AvgIpc) is 3.06. The first-order chi connectivity index (χ1) is 11.1. The Labute approximate surface area is 139 Å². The van der Waals surface area contributed by atoms with E-state index in [2.05, 4.69) is 25.2 Å². The lowest BCUT2D eigenvalue weighted by atomic mass is 10.1. The molecule has 0 saturated carbocycles. The zero-order chi connectivity index (χ0) is 16.2. The third kappa shape index (κ3) is 3.93. The molecule has 1 aliphatic heterocycles. The summed E-state index contributed by atoms with van der Waals surface area (Å²) in [7, 11) is 0. The predicted octanol–water partition coefficient (Wildman–Crippen LogP) is 2.85. The number of nitrogens with zero attached hydrogens (tertiary/aromatic N) is 4. The lowest BCUT2D eigenvalue weighted by molar-refractivity contribution is -0.113. The Morgan fingerprint density at radius 3 is 3.04 bits per heavy atom. The molecule has 0 atom stereocenters. The second-order valence-electron chi connectivity index (χ2n) is 5.97. The second-order valence-corrected chi connectivity index (χ2v) is 6.91. The van der Waals surface area contributed by atoms with Gasteiger partial charge in [0.2, 0.25) is 11.8 Å². The SMILES string of the molecule is CC(C)c1cc(NC(=O)CSc2nnc3n2CCCCC3)on1.